The summed E-state index contributed by atoms with van der Waals surface area (Å²) in [6.07, 6.45) is 5.64. The van der Waals surface area contributed by atoms with E-state index in [1.54, 1.807) is 0 Å². The predicted octanol–water partition coefficient (Wildman–Crippen LogP) is 1.87. The number of aromatic nitrogens is 2. The number of benzene rings is 1. The molecule has 0 radical (unpaired) electrons. The Morgan fingerprint density at radius 2 is 1.80 bits per heavy atom. The van der Waals surface area contributed by atoms with Gasteiger partial charge in [-0.15, -0.1) is 0 Å². The van der Waals surface area contributed by atoms with Gasteiger partial charge in [0.15, 0.2) is 6.61 Å². The molecule has 1 saturated carbocycles. The third-order valence-corrected chi connectivity index (χ3v) is 5.64. The molecule has 8 nitrogen and oxygen atoms in total. The highest BCUT2D eigenvalue weighted by molar-refractivity contribution is 6.01. The van der Waals surface area contributed by atoms with Crippen molar-refractivity contribution in [2.75, 3.05) is 12.3 Å². The first-order valence-corrected chi connectivity index (χ1v) is 10.2. The van der Waals surface area contributed by atoms with Crippen LogP contribution in [0.15, 0.2) is 39.9 Å². The molecule has 8 heteroatoms. The Labute approximate surface area is 174 Å². The molecule has 1 aliphatic carbocycles. The summed E-state index contributed by atoms with van der Waals surface area (Å²) in [6.45, 7) is -0.465. The smallest absolute Gasteiger partial charge is 0.332 e. The molecule has 0 bridgehead atoms. The summed E-state index contributed by atoms with van der Waals surface area (Å²) in [5.41, 5.74) is 5.08. The van der Waals surface area contributed by atoms with Crippen LogP contribution in [0.5, 0.6) is 0 Å². The van der Waals surface area contributed by atoms with Crippen LogP contribution in [0.1, 0.15) is 54.4 Å². The number of carbonyl (C=O) groups is 2. The molecule has 30 heavy (non-hydrogen) atoms. The SMILES string of the molecule is Cn1c(=O)c(C(=O)COC(=O)CCC2CCCC2)c(N)n(Cc2ccccc2)c1=O. The average Bonchev–Trinajstić information content (AvgIpc) is 3.27. The fourth-order valence-electron chi connectivity index (χ4n) is 3.88. The Hall–Kier alpha value is -3.16. The van der Waals surface area contributed by atoms with E-state index in [2.05, 4.69) is 0 Å². The van der Waals surface area contributed by atoms with Gasteiger partial charge in [-0.1, -0.05) is 56.0 Å². The molecule has 160 valence electrons. The number of nitrogens with zero attached hydrogens (tertiary/aromatic N) is 2. The number of nitrogen functional groups attached to an aromatic ring is 1. The first-order valence-electron chi connectivity index (χ1n) is 10.2. The lowest BCUT2D eigenvalue weighted by molar-refractivity contribution is -0.142. The zero-order chi connectivity index (χ0) is 21.7. The van der Waals surface area contributed by atoms with Crippen molar-refractivity contribution in [3.05, 3.63) is 62.3 Å². The van der Waals surface area contributed by atoms with Crippen LogP contribution in [0.2, 0.25) is 0 Å². The van der Waals surface area contributed by atoms with Gasteiger partial charge in [0.05, 0.1) is 6.54 Å². The van der Waals surface area contributed by atoms with Crippen LogP contribution in [0.3, 0.4) is 0 Å². The maximum absolute atomic E-state index is 12.6. The Morgan fingerprint density at radius 1 is 1.13 bits per heavy atom. The first-order chi connectivity index (χ1) is 14.4. The second-order valence-electron chi connectivity index (χ2n) is 7.75. The molecule has 1 aromatic carbocycles. The van der Waals surface area contributed by atoms with Crippen molar-refractivity contribution >= 4 is 17.6 Å². The number of rotatable bonds is 8. The van der Waals surface area contributed by atoms with Gasteiger partial charge in [0, 0.05) is 13.5 Å². The molecule has 0 spiro atoms. The summed E-state index contributed by atoms with van der Waals surface area (Å²) in [6, 6.07) is 9.09. The van der Waals surface area contributed by atoms with Gasteiger partial charge < -0.3 is 10.5 Å². The molecule has 0 atom stereocenters. The number of carbonyl (C=O) groups excluding carboxylic acids is 2. The average molecular weight is 413 g/mol. The molecule has 1 heterocycles. The van der Waals surface area contributed by atoms with E-state index in [-0.39, 0.29) is 24.3 Å². The standard InChI is InChI=1S/C22H27N3O5/c1-24-21(28)19(17(26)14-30-18(27)12-11-15-7-5-6-8-15)20(23)25(22(24)29)13-16-9-3-2-4-10-16/h2-4,9-10,15H,5-8,11-14,23H2,1H3. The van der Waals surface area contributed by atoms with Crippen molar-refractivity contribution < 1.29 is 14.3 Å². The lowest BCUT2D eigenvalue weighted by Gasteiger charge is -2.15. The summed E-state index contributed by atoms with van der Waals surface area (Å²) in [5, 5.41) is 0. The molecule has 0 unspecified atom stereocenters. The van der Waals surface area contributed by atoms with E-state index < -0.39 is 29.6 Å². The summed E-state index contributed by atoms with van der Waals surface area (Å²) in [7, 11) is 1.29. The van der Waals surface area contributed by atoms with Gasteiger partial charge in [-0.2, -0.15) is 0 Å². The molecule has 2 aromatic rings. The van der Waals surface area contributed by atoms with E-state index in [9.17, 15) is 19.2 Å². The fourth-order valence-corrected chi connectivity index (χ4v) is 3.88. The molecule has 0 amide bonds. The first kappa shape index (κ1) is 21.5. The molecular weight excluding hydrogens is 386 g/mol. The predicted molar refractivity (Wildman–Crippen MR) is 112 cm³/mol. The van der Waals surface area contributed by atoms with Crippen LogP contribution in [0.4, 0.5) is 5.82 Å². The van der Waals surface area contributed by atoms with Crippen molar-refractivity contribution in [1.82, 2.24) is 9.13 Å². The number of ether oxygens (including phenoxy) is 1. The summed E-state index contributed by atoms with van der Waals surface area (Å²) < 4.78 is 7.09. The summed E-state index contributed by atoms with van der Waals surface area (Å²) in [4.78, 5) is 49.6. The Morgan fingerprint density at radius 3 is 2.47 bits per heavy atom. The summed E-state index contributed by atoms with van der Waals surface area (Å²) >= 11 is 0. The van der Waals surface area contributed by atoms with Crippen LogP contribution >= 0.6 is 0 Å². The van der Waals surface area contributed by atoms with Crippen LogP contribution in [0, 0.1) is 5.92 Å². The van der Waals surface area contributed by atoms with Gasteiger partial charge >= 0.3 is 11.7 Å². The summed E-state index contributed by atoms with van der Waals surface area (Å²) in [5.74, 6) is -0.871. The molecule has 1 aromatic heterocycles. The highest BCUT2D eigenvalue weighted by atomic mass is 16.5. The van der Waals surface area contributed by atoms with E-state index in [4.69, 9.17) is 10.5 Å². The third kappa shape index (κ3) is 4.87. The van der Waals surface area contributed by atoms with Crippen molar-refractivity contribution in [3.8, 4) is 0 Å². The maximum atomic E-state index is 12.6. The number of hydrogen-bond acceptors (Lipinski definition) is 6. The monoisotopic (exact) mass is 413 g/mol. The highest BCUT2D eigenvalue weighted by Crippen LogP contribution is 2.28. The van der Waals surface area contributed by atoms with Gasteiger partial charge in [-0.3, -0.25) is 23.5 Å². The van der Waals surface area contributed by atoms with Gasteiger partial charge in [-0.05, 0) is 17.9 Å². The lowest BCUT2D eigenvalue weighted by Crippen LogP contribution is -2.43. The zero-order valence-electron chi connectivity index (χ0n) is 17.1. The Bertz CT molecular complexity index is 1030. The molecule has 3 rings (SSSR count). The highest BCUT2D eigenvalue weighted by Gasteiger charge is 2.23. The zero-order valence-corrected chi connectivity index (χ0v) is 17.1. The van der Waals surface area contributed by atoms with Crippen molar-refractivity contribution in [2.24, 2.45) is 13.0 Å². The van der Waals surface area contributed by atoms with E-state index >= 15 is 0 Å². The molecule has 1 aliphatic rings. The number of nitrogens with two attached hydrogens (primary N) is 1. The van der Waals surface area contributed by atoms with E-state index in [0.717, 1.165) is 29.4 Å². The molecule has 0 aliphatic heterocycles. The number of esters is 1. The van der Waals surface area contributed by atoms with Crippen LogP contribution in [-0.4, -0.2) is 27.5 Å². The Kier molecular flexibility index (Phi) is 6.87. The lowest BCUT2D eigenvalue weighted by atomic mass is 10.0. The minimum Gasteiger partial charge on any atom is -0.457 e. The number of anilines is 1. The second-order valence-corrected chi connectivity index (χ2v) is 7.75. The number of hydrogen-bond donors (Lipinski definition) is 1. The largest absolute Gasteiger partial charge is 0.457 e. The van der Waals surface area contributed by atoms with E-state index in [1.807, 2.05) is 30.3 Å². The maximum Gasteiger partial charge on any atom is 0.332 e. The number of ketones is 1. The second kappa shape index (κ2) is 9.56. The van der Waals surface area contributed by atoms with Gasteiger partial charge in [-0.25, -0.2) is 4.79 Å². The van der Waals surface area contributed by atoms with Crippen molar-refractivity contribution in [1.29, 1.82) is 0 Å². The van der Waals surface area contributed by atoms with Gasteiger partial charge in [0.2, 0.25) is 5.78 Å². The van der Waals surface area contributed by atoms with Crippen molar-refractivity contribution in [3.63, 3.8) is 0 Å². The molecular formula is C22H27N3O5. The van der Waals surface area contributed by atoms with Crippen LogP contribution in [-0.2, 0) is 23.1 Å². The van der Waals surface area contributed by atoms with E-state index in [0.29, 0.717) is 5.92 Å². The Balaban J connectivity index is 1.73. The quantitative estimate of drug-likeness (QED) is 0.522. The number of Topliss-reactive ketones (excluding diaryl/α,β-unsaturated/α-hetero) is 1. The van der Waals surface area contributed by atoms with Crippen LogP contribution < -0.4 is 17.0 Å². The molecule has 0 saturated heterocycles. The van der Waals surface area contributed by atoms with Crippen LogP contribution in [0.25, 0.3) is 0 Å². The normalized spacial score (nSPS) is 14.0. The topological polar surface area (TPSA) is 113 Å². The van der Waals surface area contributed by atoms with Gasteiger partial charge in [0.25, 0.3) is 5.56 Å². The van der Waals surface area contributed by atoms with Crippen molar-refractivity contribution in [2.45, 2.75) is 45.1 Å². The fraction of sp³-hybridized carbons (Fsp3) is 0.455. The molecule has 1 fully saturated rings. The molecule has 2 N–H and O–H groups in total. The van der Waals surface area contributed by atoms with Gasteiger partial charge in [0.1, 0.15) is 11.4 Å². The van der Waals surface area contributed by atoms with E-state index in [1.165, 1.54) is 24.5 Å². The third-order valence-electron chi connectivity index (χ3n) is 5.64. The minimum absolute atomic E-state index is 0.112. The minimum atomic E-state index is -0.797.